The molecule has 1 aliphatic carbocycles. The van der Waals surface area contributed by atoms with E-state index in [1.54, 1.807) is 0 Å². The Labute approximate surface area is 117 Å². The fourth-order valence-electron chi connectivity index (χ4n) is 2.54. The van der Waals surface area contributed by atoms with Crippen LogP contribution < -0.4 is 10.6 Å². The van der Waals surface area contributed by atoms with E-state index in [1.807, 2.05) is 20.8 Å². The summed E-state index contributed by atoms with van der Waals surface area (Å²) in [6.45, 7) is 10.4. The Morgan fingerprint density at radius 3 is 2.37 bits per heavy atom. The van der Waals surface area contributed by atoms with Crippen LogP contribution in [0.2, 0.25) is 0 Å². The van der Waals surface area contributed by atoms with Gasteiger partial charge in [-0.1, -0.05) is 26.2 Å². The summed E-state index contributed by atoms with van der Waals surface area (Å²) in [6.07, 6.45) is 6.40. The van der Waals surface area contributed by atoms with Crippen LogP contribution in [0, 0.1) is 5.41 Å². The van der Waals surface area contributed by atoms with Gasteiger partial charge in [0.1, 0.15) is 5.60 Å². The van der Waals surface area contributed by atoms with Crippen molar-refractivity contribution in [1.29, 1.82) is 0 Å². The molecule has 1 saturated carbocycles. The molecule has 1 rings (SSSR count). The fourth-order valence-corrected chi connectivity index (χ4v) is 2.54. The molecule has 0 radical (unpaired) electrons. The van der Waals surface area contributed by atoms with Crippen LogP contribution in [0.15, 0.2) is 0 Å². The van der Waals surface area contributed by atoms with Crippen LogP contribution >= 0.6 is 0 Å². The first-order chi connectivity index (χ1) is 8.81. The van der Waals surface area contributed by atoms with E-state index in [0.29, 0.717) is 12.0 Å². The minimum Gasteiger partial charge on any atom is -0.444 e. The maximum Gasteiger partial charge on any atom is 0.407 e. The predicted octanol–water partition coefficient (Wildman–Crippen LogP) is 3.07. The molecule has 0 aliphatic heterocycles. The van der Waals surface area contributed by atoms with E-state index in [9.17, 15) is 4.79 Å². The molecule has 0 aromatic heterocycles. The lowest BCUT2D eigenvalue weighted by atomic mass is 9.76. The highest BCUT2D eigenvalue weighted by Gasteiger charge is 2.25. The first kappa shape index (κ1) is 16.3. The van der Waals surface area contributed by atoms with Crippen molar-refractivity contribution < 1.29 is 9.53 Å². The van der Waals surface area contributed by atoms with Crippen LogP contribution in [0.3, 0.4) is 0 Å². The molecule has 0 saturated heterocycles. The SMILES string of the molecule is CC1(CNCCNC(=O)OC(C)(C)C)CCCCC1. The van der Waals surface area contributed by atoms with Crippen LogP contribution in [-0.2, 0) is 4.74 Å². The first-order valence-corrected chi connectivity index (χ1v) is 7.48. The van der Waals surface area contributed by atoms with Gasteiger partial charge in [0.15, 0.2) is 0 Å². The van der Waals surface area contributed by atoms with Crippen molar-refractivity contribution in [2.75, 3.05) is 19.6 Å². The Balaban J connectivity index is 2.06. The van der Waals surface area contributed by atoms with Crippen molar-refractivity contribution in [3.8, 4) is 0 Å². The number of carbonyl (C=O) groups is 1. The number of alkyl carbamates (subject to hydrolysis) is 1. The molecule has 0 heterocycles. The number of amides is 1. The number of nitrogens with one attached hydrogen (secondary N) is 2. The highest BCUT2D eigenvalue weighted by molar-refractivity contribution is 5.67. The molecular formula is C15H30N2O2. The molecule has 0 bridgehead atoms. The van der Waals surface area contributed by atoms with Gasteiger partial charge in [0.05, 0.1) is 0 Å². The zero-order chi connectivity index (χ0) is 14.4. The molecule has 0 atom stereocenters. The molecular weight excluding hydrogens is 240 g/mol. The van der Waals surface area contributed by atoms with Gasteiger partial charge in [-0.15, -0.1) is 0 Å². The third-order valence-corrected chi connectivity index (χ3v) is 3.58. The molecule has 0 spiro atoms. The zero-order valence-corrected chi connectivity index (χ0v) is 13.0. The van der Waals surface area contributed by atoms with Gasteiger partial charge in [-0.2, -0.15) is 0 Å². The summed E-state index contributed by atoms with van der Waals surface area (Å²) in [5.41, 5.74) is 0.0251. The standard InChI is InChI=1S/C15H30N2O2/c1-14(2,3)19-13(18)17-11-10-16-12-15(4)8-6-5-7-9-15/h16H,5-12H2,1-4H3,(H,17,18). The molecule has 4 nitrogen and oxygen atoms in total. The summed E-state index contributed by atoms with van der Waals surface area (Å²) < 4.78 is 5.18. The highest BCUT2D eigenvalue weighted by atomic mass is 16.6. The Bertz CT molecular complexity index is 278. The molecule has 1 amide bonds. The molecule has 0 aromatic rings. The first-order valence-electron chi connectivity index (χ1n) is 7.48. The van der Waals surface area contributed by atoms with Crippen molar-refractivity contribution >= 4 is 6.09 Å². The molecule has 0 unspecified atom stereocenters. The van der Waals surface area contributed by atoms with Crippen LogP contribution in [0.1, 0.15) is 59.8 Å². The maximum absolute atomic E-state index is 11.4. The lowest BCUT2D eigenvalue weighted by Crippen LogP contribution is -2.39. The maximum atomic E-state index is 11.4. The average molecular weight is 270 g/mol. The molecule has 1 aliphatic rings. The Morgan fingerprint density at radius 2 is 1.79 bits per heavy atom. The van der Waals surface area contributed by atoms with Crippen molar-refractivity contribution in [2.45, 2.75) is 65.4 Å². The molecule has 0 aromatic carbocycles. The number of rotatable bonds is 5. The summed E-state index contributed by atoms with van der Waals surface area (Å²) in [4.78, 5) is 11.4. The smallest absolute Gasteiger partial charge is 0.407 e. The lowest BCUT2D eigenvalue weighted by molar-refractivity contribution is 0.0528. The topological polar surface area (TPSA) is 50.4 Å². The predicted molar refractivity (Wildman–Crippen MR) is 78.3 cm³/mol. The molecule has 4 heteroatoms. The van der Waals surface area contributed by atoms with E-state index >= 15 is 0 Å². The van der Waals surface area contributed by atoms with Gasteiger partial charge in [0, 0.05) is 19.6 Å². The highest BCUT2D eigenvalue weighted by Crippen LogP contribution is 2.34. The van der Waals surface area contributed by atoms with E-state index in [4.69, 9.17) is 4.74 Å². The van der Waals surface area contributed by atoms with Crippen LogP contribution in [0.5, 0.6) is 0 Å². The van der Waals surface area contributed by atoms with Crippen molar-refractivity contribution in [3.05, 3.63) is 0 Å². The van der Waals surface area contributed by atoms with Crippen LogP contribution in [-0.4, -0.2) is 31.3 Å². The summed E-state index contributed by atoms with van der Waals surface area (Å²) in [6, 6.07) is 0. The van der Waals surface area contributed by atoms with E-state index in [2.05, 4.69) is 17.6 Å². The molecule has 19 heavy (non-hydrogen) atoms. The van der Waals surface area contributed by atoms with E-state index in [1.165, 1.54) is 32.1 Å². The summed E-state index contributed by atoms with van der Waals surface area (Å²) in [5, 5.41) is 6.21. The second kappa shape index (κ2) is 7.13. The van der Waals surface area contributed by atoms with Gasteiger partial charge in [0.25, 0.3) is 0 Å². The normalized spacial score (nSPS) is 18.9. The number of carbonyl (C=O) groups excluding carboxylic acids is 1. The summed E-state index contributed by atoms with van der Waals surface area (Å²) in [7, 11) is 0. The van der Waals surface area contributed by atoms with Gasteiger partial charge in [-0.25, -0.2) is 4.79 Å². The van der Waals surface area contributed by atoms with Gasteiger partial charge < -0.3 is 15.4 Å². The van der Waals surface area contributed by atoms with E-state index < -0.39 is 5.60 Å². The Morgan fingerprint density at radius 1 is 1.16 bits per heavy atom. The lowest BCUT2D eigenvalue weighted by Gasteiger charge is -2.33. The van der Waals surface area contributed by atoms with E-state index in [-0.39, 0.29) is 6.09 Å². The average Bonchev–Trinajstić information content (AvgIpc) is 2.27. The quantitative estimate of drug-likeness (QED) is 0.755. The third kappa shape index (κ3) is 7.41. The third-order valence-electron chi connectivity index (χ3n) is 3.58. The van der Waals surface area contributed by atoms with Crippen molar-refractivity contribution in [3.63, 3.8) is 0 Å². The van der Waals surface area contributed by atoms with Gasteiger partial charge in [-0.3, -0.25) is 0 Å². The monoisotopic (exact) mass is 270 g/mol. The largest absolute Gasteiger partial charge is 0.444 e. The molecule has 112 valence electrons. The van der Waals surface area contributed by atoms with Crippen LogP contribution in [0.4, 0.5) is 4.79 Å². The number of hydrogen-bond acceptors (Lipinski definition) is 3. The Hall–Kier alpha value is -0.770. The number of hydrogen-bond donors (Lipinski definition) is 2. The molecule has 2 N–H and O–H groups in total. The summed E-state index contributed by atoms with van der Waals surface area (Å²) >= 11 is 0. The van der Waals surface area contributed by atoms with Gasteiger partial charge in [0.2, 0.25) is 0 Å². The van der Waals surface area contributed by atoms with Crippen molar-refractivity contribution in [1.82, 2.24) is 10.6 Å². The second-order valence-corrected chi connectivity index (χ2v) is 6.98. The van der Waals surface area contributed by atoms with Gasteiger partial charge in [-0.05, 0) is 39.0 Å². The number of ether oxygens (including phenoxy) is 1. The molecule has 1 fully saturated rings. The van der Waals surface area contributed by atoms with Gasteiger partial charge >= 0.3 is 6.09 Å². The minimum absolute atomic E-state index is 0.335. The van der Waals surface area contributed by atoms with E-state index in [0.717, 1.165) is 13.1 Å². The fraction of sp³-hybridized carbons (Fsp3) is 0.933. The summed E-state index contributed by atoms with van der Waals surface area (Å²) in [5.74, 6) is 0. The van der Waals surface area contributed by atoms with Crippen molar-refractivity contribution in [2.24, 2.45) is 5.41 Å². The minimum atomic E-state index is -0.424. The zero-order valence-electron chi connectivity index (χ0n) is 13.0. The second-order valence-electron chi connectivity index (χ2n) is 6.98. The van der Waals surface area contributed by atoms with Crippen LogP contribution in [0.25, 0.3) is 0 Å². The Kier molecular flexibility index (Phi) is 6.11.